The molecular formula is C4H5N2O-. The SMILES string of the molecule is Cn1nccc1[O-]. The predicted molar refractivity (Wildman–Crippen MR) is 22.7 cm³/mol. The lowest BCUT2D eigenvalue weighted by Crippen LogP contribution is -1.98. The standard InChI is InChI=1S/C4H6N2O/c1-6-4(7)2-3-5-6/h2-3,7H,1H3/p-1. The average Bonchev–Trinajstić information content (AvgIpc) is 1.91. The average molecular weight is 97.1 g/mol. The Bertz CT molecular complexity index is 142. The minimum atomic E-state index is -0.0556. The Morgan fingerprint density at radius 2 is 2.57 bits per heavy atom. The van der Waals surface area contributed by atoms with Crippen molar-refractivity contribution in [3.63, 3.8) is 0 Å². The van der Waals surface area contributed by atoms with Crippen molar-refractivity contribution in [1.82, 2.24) is 9.78 Å². The van der Waals surface area contributed by atoms with Crippen molar-refractivity contribution in [2.75, 3.05) is 0 Å². The number of aryl methyl sites for hydroxylation is 1. The Morgan fingerprint density at radius 1 is 1.86 bits per heavy atom. The van der Waals surface area contributed by atoms with Gasteiger partial charge in [-0.3, -0.25) is 4.68 Å². The smallest absolute Gasteiger partial charge is 0.0483 e. The lowest BCUT2D eigenvalue weighted by molar-refractivity contribution is -0.279. The Morgan fingerprint density at radius 3 is 2.71 bits per heavy atom. The van der Waals surface area contributed by atoms with E-state index in [1.165, 1.54) is 16.9 Å². The molecule has 0 atom stereocenters. The molecule has 0 radical (unpaired) electrons. The van der Waals surface area contributed by atoms with Crippen molar-refractivity contribution in [3.8, 4) is 5.88 Å². The molecule has 0 aliphatic rings. The molecule has 0 unspecified atom stereocenters. The van der Waals surface area contributed by atoms with Crippen LogP contribution in [0.1, 0.15) is 0 Å². The number of aromatic nitrogens is 2. The highest BCUT2D eigenvalue weighted by Crippen LogP contribution is 1.95. The number of hydrogen-bond acceptors (Lipinski definition) is 2. The molecule has 1 rings (SSSR count). The molecule has 0 aliphatic carbocycles. The quantitative estimate of drug-likeness (QED) is 0.437. The molecule has 0 saturated carbocycles. The summed E-state index contributed by atoms with van der Waals surface area (Å²) in [6.07, 6.45) is 1.47. The van der Waals surface area contributed by atoms with Gasteiger partial charge >= 0.3 is 0 Å². The lowest BCUT2D eigenvalue weighted by atomic mass is 10.7. The third-order valence-corrected chi connectivity index (χ3v) is 0.776. The molecule has 1 aromatic heterocycles. The van der Waals surface area contributed by atoms with E-state index >= 15 is 0 Å². The first-order valence-corrected chi connectivity index (χ1v) is 1.96. The molecule has 3 heteroatoms. The molecule has 3 nitrogen and oxygen atoms in total. The van der Waals surface area contributed by atoms with E-state index < -0.39 is 0 Å². The summed E-state index contributed by atoms with van der Waals surface area (Å²) in [6, 6.07) is 1.42. The van der Waals surface area contributed by atoms with Gasteiger partial charge in [0.25, 0.3) is 0 Å². The maximum Gasteiger partial charge on any atom is 0.0483 e. The van der Waals surface area contributed by atoms with Gasteiger partial charge < -0.3 is 5.11 Å². The van der Waals surface area contributed by atoms with Crippen LogP contribution in [0.25, 0.3) is 0 Å². The Kier molecular flexibility index (Phi) is 0.749. The van der Waals surface area contributed by atoms with Gasteiger partial charge in [-0.05, 0) is 11.9 Å². The molecule has 0 bridgehead atoms. The summed E-state index contributed by atoms with van der Waals surface area (Å²) >= 11 is 0. The summed E-state index contributed by atoms with van der Waals surface area (Å²) < 4.78 is 1.28. The third-order valence-electron chi connectivity index (χ3n) is 0.776. The number of rotatable bonds is 0. The molecule has 0 N–H and O–H groups in total. The largest absolute Gasteiger partial charge is 0.859 e. The van der Waals surface area contributed by atoms with Gasteiger partial charge in [0.05, 0.1) is 0 Å². The van der Waals surface area contributed by atoms with Gasteiger partial charge in [0.2, 0.25) is 0 Å². The van der Waals surface area contributed by atoms with Gasteiger partial charge in [-0.25, -0.2) is 0 Å². The molecule has 0 spiro atoms. The maximum absolute atomic E-state index is 10.3. The second kappa shape index (κ2) is 1.26. The molecule has 1 heterocycles. The minimum absolute atomic E-state index is 0.0556. The molecule has 7 heavy (non-hydrogen) atoms. The third kappa shape index (κ3) is 0.559. The molecule has 0 aliphatic heterocycles. The molecule has 0 amide bonds. The number of nitrogens with zero attached hydrogens (tertiary/aromatic N) is 2. The van der Waals surface area contributed by atoms with Crippen LogP contribution in [0.2, 0.25) is 0 Å². The molecule has 1 aromatic rings. The van der Waals surface area contributed by atoms with Crippen molar-refractivity contribution in [3.05, 3.63) is 12.3 Å². The van der Waals surface area contributed by atoms with Crippen LogP contribution in [0.15, 0.2) is 12.3 Å². The predicted octanol–water partition coefficient (Wildman–Crippen LogP) is -0.506. The number of hydrogen-bond donors (Lipinski definition) is 0. The van der Waals surface area contributed by atoms with Crippen molar-refractivity contribution < 1.29 is 5.11 Å². The van der Waals surface area contributed by atoms with Crippen LogP contribution >= 0.6 is 0 Å². The fourth-order valence-corrected chi connectivity index (χ4v) is 0.362. The zero-order chi connectivity index (χ0) is 5.28. The first kappa shape index (κ1) is 4.18. The van der Waals surface area contributed by atoms with Crippen LogP contribution in [0.3, 0.4) is 0 Å². The highest BCUT2D eigenvalue weighted by atomic mass is 16.3. The van der Waals surface area contributed by atoms with E-state index in [1.54, 1.807) is 7.05 Å². The van der Waals surface area contributed by atoms with Crippen LogP contribution < -0.4 is 5.11 Å². The normalized spacial score (nSPS) is 9.29. The Hall–Kier alpha value is -0.990. The maximum atomic E-state index is 10.3. The first-order chi connectivity index (χ1) is 3.30. The van der Waals surface area contributed by atoms with Gasteiger partial charge in [-0.15, -0.1) is 0 Å². The van der Waals surface area contributed by atoms with Crippen LogP contribution in [-0.4, -0.2) is 9.78 Å². The minimum Gasteiger partial charge on any atom is -0.859 e. The molecule has 38 valence electrons. The van der Waals surface area contributed by atoms with E-state index in [1.807, 2.05) is 0 Å². The zero-order valence-electron chi connectivity index (χ0n) is 3.96. The highest BCUT2D eigenvalue weighted by molar-refractivity contribution is 5.01. The fourth-order valence-electron chi connectivity index (χ4n) is 0.362. The van der Waals surface area contributed by atoms with E-state index in [-0.39, 0.29) is 5.88 Å². The topological polar surface area (TPSA) is 40.9 Å². The monoisotopic (exact) mass is 97.0 g/mol. The van der Waals surface area contributed by atoms with Crippen LogP contribution in [0, 0.1) is 0 Å². The van der Waals surface area contributed by atoms with Crippen LogP contribution in [-0.2, 0) is 7.05 Å². The summed E-state index contributed by atoms with van der Waals surface area (Å²) in [5.74, 6) is -0.0556. The zero-order valence-corrected chi connectivity index (χ0v) is 3.96. The highest BCUT2D eigenvalue weighted by Gasteiger charge is 1.76. The van der Waals surface area contributed by atoms with Crippen molar-refractivity contribution in [2.24, 2.45) is 7.05 Å². The van der Waals surface area contributed by atoms with E-state index in [0.29, 0.717) is 0 Å². The van der Waals surface area contributed by atoms with Gasteiger partial charge in [0.15, 0.2) is 0 Å². The van der Waals surface area contributed by atoms with Crippen LogP contribution in [0.5, 0.6) is 5.88 Å². The Labute approximate surface area is 41.2 Å². The van der Waals surface area contributed by atoms with E-state index in [0.717, 1.165) is 0 Å². The first-order valence-electron chi connectivity index (χ1n) is 1.96. The van der Waals surface area contributed by atoms with E-state index in [2.05, 4.69) is 5.10 Å². The van der Waals surface area contributed by atoms with Crippen molar-refractivity contribution >= 4 is 0 Å². The summed E-state index contributed by atoms with van der Waals surface area (Å²) in [5, 5.41) is 13.9. The van der Waals surface area contributed by atoms with Crippen molar-refractivity contribution in [2.45, 2.75) is 0 Å². The van der Waals surface area contributed by atoms with Gasteiger partial charge in [-0.2, -0.15) is 5.10 Å². The molecule has 0 fully saturated rings. The van der Waals surface area contributed by atoms with Crippen LogP contribution in [0.4, 0.5) is 0 Å². The second-order valence-corrected chi connectivity index (χ2v) is 1.29. The van der Waals surface area contributed by atoms with Gasteiger partial charge in [0, 0.05) is 13.2 Å². The lowest BCUT2D eigenvalue weighted by Gasteiger charge is -2.00. The van der Waals surface area contributed by atoms with Crippen molar-refractivity contribution in [1.29, 1.82) is 0 Å². The Balaban J connectivity index is 3.12. The molecular weight excluding hydrogens is 92.1 g/mol. The molecule has 0 saturated heterocycles. The van der Waals surface area contributed by atoms with E-state index in [9.17, 15) is 5.11 Å². The summed E-state index contributed by atoms with van der Waals surface area (Å²) in [4.78, 5) is 0. The van der Waals surface area contributed by atoms with E-state index in [4.69, 9.17) is 0 Å². The van der Waals surface area contributed by atoms with Gasteiger partial charge in [-0.1, -0.05) is 0 Å². The summed E-state index contributed by atoms with van der Waals surface area (Å²) in [7, 11) is 1.61. The van der Waals surface area contributed by atoms with Gasteiger partial charge in [0.1, 0.15) is 0 Å². The molecule has 0 aromatic carbocycles. The summed E-state index contributed by atoms with van der Waals surface area (Å²) in [6.45, 7) is 0. The second-order valence-electron chi connectivity index (χ2n) is 1.29. The summed E-state index contributed by atoms with van der Waals surface area (Å²) in [5.41, 5.74) is 0. The fraction of sp³-hybridized carbons (Fsp3) is 0.250.